The Morgan fingerprint density at radius 2 is 1.66 bits per heavy atom. The van der Waals surface area contributed by atoms with Gasteiger partial charge in [0.25, 0.3) is 5.91 Å². The summed E-state index contributed by atoms with van der Waals surface area (Å²) in [5.74, 6) is -2.75. The number of nitrogens with zero attached hydrogens (tertiary/aromatic N) is 2. The first-order valence-corrected chi connectivity index (χ1v) is 10.0. The zero-order valence-electron chi connectivity index (χ0n) is 16.3. The van der Waals surface area contributed by atoms with Gasteiger partial charge in [-0.2, -0.15) is 26.3 Å². The van der Waals surface area contributed by atoms with Crippen LogP contribution in [0.2, 0.25) is 0 Å². The van der Waals surface area contributed by atoms with Crippen LogP contribution < -0.4 is 10.2 Å². The van der Waals surface area contributed by atoms with Gasteiger partial charge in [0.05, 0.1) is 6.54 Å². The summed E-state index contributed by atoms with van der Waals surface area (Å²) in [7, 11) is 0. The number of carbonyl (C=O) groups is 1. The third-order valence-electron chi connectivity index (χ3n) is 4.53. The number of hydrogen-bond donors (Lipinski definition) is 1. The van der Waals surface area contributed by atoms with E-state index in [2.05, 4.69) is 4.99 Å². The van der Waals surface area contributed by atoms with Crippen molar-refractivity contribution in [1.82, 2.24) is 5.32 Å². The maximum atomic E-state index is 14.4. The van der Waals surface area contributed by atoms with Gasteiger partial charge >= 0.3 is 18.0 Å². The van der Waals surface area contributed by atoms with Crippen LogP contribution in [0.3, 0.4) is 0 Å². The second-order valence-electron chi connectivity index (χ2n) is 6.89. The number of para-hydroxylation sites is 1. The number of halogens is 7. The number of benzene rings is 2. The van der Waals surface area contributed by atoms with E-state index < -0.39 is 46.2 Å². The van der Waals surface area contributed by atoms with Crippen LogP contribution in [0.1, 0.15) is 17.3 Å². The predicted molar refractivity (Wildman–Crippen MR) is 107 cm³/mol. The van der Waals surface area contributed by atoms with Gasteiger partial charge in [-0.1, -0.05) is 43.0 Å². The molecule has 1 N–H and O–H groups in total. The zero-order chi connectivity index (χ0) is 23.7. The van der Waals surface area contributed by atoms with Crippen LogP contribution >= 0.6 is 11.8 Å². The van der Waals surface area contributed by atoms with Crippen LogP contribution in [-0.2, 0) is 0 Å². The van der Waals surface area contributed by atoms with Crippen LogP contribution in [0.15, 0.2) is 59.6 Å². The molecule has 0 saturated carbocycles. The molecule has 1 aliphatic heterocycles. The van der Waals surface area contributed by atoms with Crippen molar-refractivity contribution in [1.29, 1.82) is 0 Å². The summed E-state index contributed by atoms with van der Waals surface area (Å²) in [5, 5.41) is 0.183. The van der Waals surface area contributed by atoms with Crippen LogP contribution in [0, 0.1) is 5.82 Å². The van der Waals surface area contributed by atoms with Gasteiger partial charge < -0.3 is 5.32 Å². The lowest BCUT2D eigenvalue weighted by Gasteiger charge is -2.46. The van der Waals surface area contributed by atoms with Crippen molar-refractivity contribution in [3.63, 3.8) is 0 Å². The number of carbonyl (C=O) groups excluding carboxylic acids is 1. The Morgan fingerprint density at radius 1 is 1.03 bits per heavy atom. The lowest BCUT2D eigenvalue weighted by molar-refractivity contribution is -0.300. The topological polar surface area (TPSA) is 44.7 Å². The number of aliphatic imine (C=N–C) groups is 1. The fourth-order valence-corrected chi connectivity index (χ4v) is 4.09. The van der Waals surface area contributed by atoms with Crippen molar-refractivity contribution in [2.24, 2.45) is 4.99 Å². The highest BCUT2D eigenvalue weighted by molar-refractivity contribution is 8.15. The molecule has 0 bridgehead atoms. The van der Waals surface area contributed by atoms with E-state index in [0.717, 1.165) is 47.4 Å². The first-order valence-electron chi connectivity index (χ1n) is 9.15. The molecule has 0 aromatic heterocycles. The van der Waals surface area contributed by atoms with Crippen molar-refractivity contribution < 1.29 is 35.5 Å². The number of anilines is 1. The third kappa shape index (κ3) is 4.41. The van der Waals surface area contributed by atoms with Gasteiger partial charge in [-0.25, -0.2) is 4.39 Å². The number of amidine groups is 1. The Bertz CT molecular complexity index is 994. The highest BCUT2D eigenvalue weighted by Gasteiger charge is 2.76. The molecular weight excluding hydrogens is 463 g/mol. The molecule has 12 heteroatoms. The number of hydrogen-bond acceptors (Lipinski definition) is 4. The van der Waals surface area contributed by atoms with E-state index in [-0.39, 0.29) is 16.7 Å². The summed E-state index contributed by atoms with van der Waals surface area (Å²) >= 11 is 0.718. The molecule has 32 heavy (non-hydrogen) atoms. The largest absolute Gasteiger partial charge is 0.440 e. The summed E-state index contributed by atoms with van der Waals surface area (Å²) in [6.45, 7) is 1.59. The molecule has 1 unspecified atom stereocenters. The fourth-order valence-electron chi connectivity index (χ4n) is 3.09. The molecule has 1 heterocycles. The van der Waals surface area contributed by atoms with Gasteiger partial charge in [0, 0.05) is 16.5 Å². The maximum absolute atomic E-state index is 14.4. The predicted octanol–water partition coefficient (Wildman–Crippen LogP) is 5.37. The van der Waals surface area contributed by atoms with Crippen molar-refractivity contribution in [3.8, 4) is 0 Å². The Hall–Kier alpha value is -2.76. The van der Waals surface area contributed by atoms with E-state index in [0.29, 0.717) is 6.07 Å². The fraction of sp³-hybridized carbons (Fsp3) is 0.300. The van der Waals surface area contributed by atoms with E-state index in [1.165, 1.54) is 18.2 Å². The van der Waals surface area contributed by atoms with Crippen molar-refractivity contribution in [2.45, 2.75) is 30.2 Å². The minimum atomic E-state index is -6.04. The molecule has 1 amide bonds. The number of amides is 1. The normalized spacial score (nSPS) is 17.1. The molecule has 0 fully saturated rings. The van der Waals surface area contributed by atoms with E-state index in [4.69, 9.17) is 0 Å². The number of rotatable bonds is 4. The summed E-state index contributed by atoms with van der Waals surface area (Å²) in [6, 6.07) is 9.40. The first-order chi connectivity index (χ1) is 14.9. The molecule has 172 valence electrons. The molecule has 3 rings (SSSR count). The quantitative estimate of drug-likeness (QED) is 0.474. The van der Waals surface area contributed by atoms with Crippen molar-refractivity contribution in [2.75, 3.05) is 11.4 Å². The lowest BCUT2D eigenvalue weighted by Crippen LogP contribution is -2.77. The first kappa shape index (κ1) is 23.9. The van der Waals surface area contributed by atoms with Crippen molar-refractivity contribution in [3.05, 3.63) is 66.0 Å². The van der Waals surface area contributed by atoms with Gasteiger partial charge in [0.1, 0.15) is 5.82 Å². The second-order valence-corrected chi connectivity index (χ2v) is 8.30. The lowest BCUT2D eigenvalue weighted by atomic mass is 10.0. The third-order valence-corrected chi connectivity index (χ3v) is 5.61. The average molecular weight is 479 g/mol. The molecule has 0 saturated heterocycles. The molecule has 0 spiro atoms. The van der Waals surface area contributed by atoms with E-state index in [1.54, 1.807) is 6.92 Å². The molecule has 4 nitrogen and oxygen atoms in total. The number of alkyl halides is 6. The van der Waals surface area contributed by atoms with Crippen LogP contribution in [-0.4, -0.2) is 40.9 Å². The monoisotopic (exact) mass is 479 g/mol. The van der Waals surface area contributed by atoms with Gasteiger partial charge in [0.15, 0.2) is 5.17 Å². The Balaban J connectivity index is 2.25. The van der Waals surface area contributed by atoms with Gasteiger partial charge in [-0.3, -0.25) is 14.7 Å². The van der Waals surface area contributed by atoms with E-state index >= 15 is 0 Å². The summed E-state index contributed by atoms with van der Waals surface area (Å²) in [6.07, 6.45) is -12.1. The minimum Gasteiger partial charge on any atom is -0.314 e. The Kier molecular flexibility index (Phi) is 6.45. The smallest absolute Gasteiger partial charge is 0.314 e. The summed E-state index contributed by atoms with van der Waals surface area (Å²) < 4.78 is 99.9. The van der Waals surface area contributed by atoms with E-state index in [1.807, 2.05) is 0 Å². The molecule has 0 aliphatic carbocycles. The number of nitrogens with one attached hydrogen (secondary N) is 1. The zero-order valence-corrected chi connectivity index (χ0v) is 17.2. The summed E-state index contributed by atoms with van der Waals surface area (Å²) in [5.41, 5.74) is -6.06. The Labute approximate surface area is 182 Å². The highest BCUT2D eigenvalue weighted by atomic mass is 32.2. The van der Waals surface area contributed by atoms with Crippen LogP contribution in [0.25, 0.3) is 0 Å². The van der Waals surface area contributed by atoms with Crippen LogP contribution in [0.4, 0.5) is 36.4 Å². The standard InChI is InChI=1S/C20H16F7N3OS/c1-12-11-28-17(32-12)30(15-8-3-2-4-9-15)18(19(22,23)24,20(25,26)27)29-16(31)13-6-5-7-14(21)10-13/h2-10,12H,11H2,1H3,(H,29,31). The molecule has 0 radical (unpaired) electrons. The molecule has 2 aromatic carbocycles. The SMILES string of the molecule is CC1CN=C(N(c2ccccc2)C(NC(=O)c2cccc(F)c2)(C(F)(F)F)C(F)(F)F)S1. The Morgan fingerprint density at radius 3 is 2.16 bits per heavy atom. The molecule has 1 aliphatic rings. The van der Waals surface area contributed by atoms with Gasteiger partial charge in [-0.05, 0) is 30.3 Å². The second kappa shape index (κ2) is 8.64. The highest BCUT2D eigenvalue weighted by Crippen LogP contribution is 2.49. The molecule has 2 aromatic rings. The van der Waals surface area contributed by atoms with Gasteiger partial charge in [-0.15, -0.1) is 0 Å². The van der Waals surface area contributed by atoms with Gasteiger partial charge in [0.2, 0.25) is 0 Å². The van der Waals surface area contributed by atoms with Crippen molar-refractivity contribution >= 4 is 28.5 Å². The number of thioether (sulfide) groups is 1. The molecule has 1 atom stereocenters. The van der Waals surface area contributed by atoms with Crippen LogP contribution in [0.5, 0.6) is 0 Å². The minimum absolute atomic E-state index is 0.00697. The van der Waals surface area contributed by atoms with E-state index in [9.17, 15) is 35.5 Å². The maximum Gasteiger partial charge on any atom is 0.440 e. The average Bonchev–Trinajstić information content (AvgIpc) is 3.12. The molecular formula is C20H16F7N3OS. The summed E-state index contributed by atoms with van der Waals surface area (Å²) in [4.78, 5) is 16.4.